The molecule has 0 spiro atoms. The van der Waals surface area contributed by atoms with Crippen molar-refractivity contribution in [3.63, 3.8) is 0 Å². The highest BCUT2D eigenvalue weighted by molar-refractivity contribution is 7.10. The van der Waals surface area contributed by atoms with E-state index in [-0.39, 0.29) is 12.1 Å². The summed E-state index contributed by atoms with van der Waals surface area (Å²) in [4.78, 5) is 31.8. The zero-order valence-corrected chi connectivity index (χ0v) is 23.5. The summed E-state index contributed by atoms with van der Waals surface area (Å²) in [5.74, 6) is 0.765. The number of esters is 1. The molecule has 0 radical (unpaired) electrons. The number of nitrogens with zero attached hydrogens (tertiary/aromatic N) is 5. The molecule has 5 aromatic rings. The number of carbonyl (C=O) groups is 1. The SMILES string of the molecule is CCCCc1nc(C)n(Cc2sccc2C(=O)OC)c(=O)c1Cc1ccc(-c2ccccc2-c2nn[nH]n2)cc1. The van der Waals surface area contributed by atoms with Gasteiger partial charge >= 0.3 is 5.97 Å². The zero-order valence-electron chi connectivity index (χ0n) is 22.7. The third kappa shape index (κ3) is 5.62. The maximum absolute atomic E-state index is 13.9. The molecule has 0 unspecified atom stereocenters. The molecule has 1 N–H and O–H groups in total. The fourth-order valence-corrected chi connectivity index (χ4v) is 5.63. The van der Waals surface area contributed by atoms with Crippen LogP contribution in [0.1, 0.15) is 57.6 Å². The Kier molecular flexibility index (Phi) is 8.26. The highest BCUT2D eigenvalue weighted by atomic mass is 32.1. The minimum Gasteiger partial charge on any atom is -0.465 e. The number of carbonyl (C=O) groups excluding carboxylic acids is 1. The van der Waals surface area contributed by atoms with E-state index in [1.807, 2.05) is 48.7 Å². The molecular formula is C30H30N6O3S. The average molecular weight is 555 g/mol. The van der Waals surface area contributed by atoms with Crippen LogP contribution in [-0.2, 0) is 24.1 Å². The van der Waals surface area contributed by atoms with E-state index in [0.717, 1.165) is 52.1 Å². The predicted octanol–water partition coefficient (Wildman–Crippen LogP) is 5.23. The fourth-order valence-electron chi connectivity index (χ4n) is 4.78. The molecule has 0 saturated carbocycles. The smallest absolute Gasteiger partial charge is 0.339 e. The number of ether oxygens (including phenoxy) is 1. The van der Waals surface area contributed by atoms with Crippen LogP contribution in [-0.4, -0.2) is 43.3 Å². The Morgan fingerprint density at radius 3 is 2.55 bits per heavy atom. The number of hydrogen-bond acceptors (Lipinski definition) is 8. The Bertz CT molecular complexity index is 1670. The van der Waals surface area contributed by atoms with Gasteiger partial charge in [0.05, 0.1) is 24.9 Å². The molecule has 0 aliphatic heterocycles. The van der Waals surface area contributed by atoms with Crippen LogP contribution in [0.25, 0.3) is 22.5 Å². The molecule has 0 aliphatic rings. The average Bonchev–Trinajstić information content (AvgIpc) is 3.69. The molecular weight excluding hydrogens is 524 g/mol. The summed E-state index contributed by atoms with van der Waals surface area (Å²) < 4.78 is 6.59. The quantitative estimate of drug-likeness (QED) is 0.235. The third-order valence-electron chi connectivity index (χ3n) is 6.92. The van der Waals surface area contributed by atoms with E-state index in [2.05, 4.69) is 39.7 Å². The van der Waals surface area contributed by atoms with Crippen LogP contribution >= 0.6 is 11.3 Å². The number of H-pyrrole nitrogens is 1. The van der Waals surface area contributed by atoms with Crippen LogP contribution in [0.5, 0.6) is 0 Å². The first-order valence-corrected chi connectivity index (χ1v) is 14.0. The Hall–Kier alpha value is -4.44. The lowest BCUT2D eigenvalue weighted by Crippen LogP contribution is -2.30. The Morgan fingerprint density at radius 1 is 1.07 bits per heavy atom. The molecule has 204 valence electrons. The highest BCUT2D eigenvalue weighted by Crippen LogP contribution is 2.30. The van der Waals surface area contributed by atoms with Gasteiger partial charge in [-0.2, -0.15) is 5.21 Å². The van der Waals surface area contributed by atoms with Crippen LogP contribution in [0.15, 0.2) is 64.8 Å². The van der Waals surface area contributed by atoms with Crippen molar-refractivity contribution in [3.05, 3.63) is 103 Å². The molecule has 0 amide bonds. The first kappa shape index (κ1) is 27.1. The number of rotatable bonds is 10. The topological polar surface area (TPSA) is 116 Å². The molecule has 9 nitrogen and oxygen atoms in total. The first-order chi connectivity index (χ1) is 19.5. The van der Waals surface area contributed by atoms with Gasteiger partial charge in [0.1, 0.15) is 5.82 Å². The summed E-state index contributed by atoms with van der Waals surface area (Å²) in [6, 6.07) is 17.8. The second-order valence-corrected chi connectivity index (χ2v) is 10.5. The molecule has 3 heterocycles. The molecule has 2 aromatic carbocycles. The van der Waals surface area contributed by atoms with Crippen molar-refractivity contribution >= 4 is 17.3 Å². The number of unbranched alkanes of at least 4 members (excludes halogenated alkanes) is 1. The predicted molar refractivity (Wildman–Crippen MR) is 154 cm³/mol. The van der Waals surface area contributed by atoms with E-state index in [9.17, 15) is 9.59 Å². The maximum atomic E-state index is 13.9. The van der Waals surface area contributed by atoms with Gasteiger partial charge in [0.2, 0.25) is 5.82 Å². The monoisotopic (exact) mass is 554 g/mol. The first-order valence-electron chi connectivity index (χ1n) is 13.2. The van der Waals surface area contributed by atoms with Crippen LogP contribution in [0, 0.1) is 6.92 Å². The molecule has 0 saturated heterocycles. The summed E-state index contributed by atoms with van der Waals surface area (Å²) in [5.41, 5.74) is 5.84. The second-order valence-electron chi connectivity index (χ2n) is 9.48. The van der Waals surface area contributed by atoms with E-state index < -0.39 is 5.97 Å². The summed E-state index contributed by atoms with van der Waals surface area (Å²) in [5, 5.41) is 16.3. The number of tetrazole rings is 1. The van der Waals surface area contributed by atoms with Gasteiger partial charge in [0.15, 0.2) is 0 Å². The Balaban J connectivity index is 1.48. The minimum atomic E-state index is -0.407. The van der Waals surface area contributed by atoms with Crippen LogP contribution in [0.4, 0.5) is 0 Å². The van der Waals surface area contributed by atoms with Crippen LogP contribution in [0.3, 0.4) is 0 Å². The molecule has 0 atom stereocenters. The molecule has 0 aliphatic carbocycles. The van der Waals surface area contributed by atoms with Gasteiger partial charge in [-0.05, 0) is 53.1 Å². The van der Waals surface area contributed by atoms with Crippen molar-refractivity contribution in [2.24, 2.45) is 0 Å². The number of hydrogen-bond donors (Lipinski definition) is 1. The van der Waals surface area contributed by atoms with E-state index in [1.54, 1.807) is 10.6 Å². The molecule has 0 bridgehead atoms. The molecule has 3 aromatic heterocycles. The van der Waals surface area contributed by atoms with Gasteiger partial charge in [-0.3, -0.25) is 9.36 Å². The van der Waals surface area contributed by atoms with Crippen molar-refractivity contribution < 1.29 is 9.53 Å². The van der Waals surface area contributed by atoms with E-state index in [1.165, 1.54) is 18.4 Å². The number of methoxy groups -OCH3 is 1. The zero-order chi connectivity index (χ0) is 28.1. The van der Waals surface area contributed by atoms with Gasteiger partial charge in [-0.15, -0.1) is 21.5 Å². The van der Waals surface area contributed by atoms with Crippen molar-refractivity contribution in [1.29, 1.82) is 0 Å². The summed E-state index contributed by atoms with van der Waals surface area (Å²) in [6.45, 7) is 4.25. The second kappa shape index (κ2) is 12.2. The number of aryl methyl sites for hydroxylation is 2. The summed E-state index contributed by atoms with van der Waals surface area (Å²) >= 11 is 1.43. The minimum absolute atomic E-state index is 0.0747. The number of nitrogens with one attached hydrogen (secondary N) is 1. The normalized spacial score (nSPS) is 11.1. The number of benzene rings is 2. The van der Waals surface area contributed by atoms with E-state index in [4.69, 9.17) is 9.72 Å². The Morgan fingerprint density at radius 2 is 1.85 bits per heavy atom. The maximum Gasteiger partial charge on any atom is 0.339 e. The van der Waals surface area contributed by atoms with Gasteiger partial charge < -0.3 is 4.74 Å². The third-order valence-corrected chi connectivity index (χ3v) is 7.82. The standard InChI is InChI=1S/C30H30N6O3S/c1-4-5-10-26-25(29(37)36(19(2)31-26)18-27-24(15-16-40-27)30(38)39-3)17-20-11-13-21(14-12-20)22-8-6-7-9-23(22)28-32-34-35-33-28/h6-9,11-16H,4-5,10,17-18H2,1-3H3,(H,32,33,34,35). The van der Waals surface area contributed by atoms with Gasteiger partial charge in [0, 0.05) is 22.4 Å². The molecule has 40 heavy (non-hydrogen) atoms. The van der Waals surface area contributed by atoms with Crippen molar-refractivity contribution in [3.8, 4) is 22.5 Å². The molecule has 0 fully saturated rings. The molecule has 5 rings (SSSR count). The van der Waals surface area contributed by atoms with Gasteiger partial charge in [0.25, 0.3) is 5.56 Å². The van der Waals surface area contributed by atoms with Crippen molar-refractivity contribution in [2.75, 3.05) is 7.11 Å². The summed E-state index contributed by atoms with van der Waals surface area (Å²) in [7, 11) is 1.36. The fraction of sp³-hybridized carbons (Fsp3) is 0.267. The number of thiophene rings is 1. The lowest BCUT2D eigenvalue weighted by molar-refractivity contribution is 0.0600. The van der Waals surface area contributed by atoms with Crippen LogP contribution in [0.2, 0.25) is 0 Å². The van der Waals surface area contributed by atoms with Crippen molar-refractivity contribution in [1.82, 2.24) is 30.2 Å². The van der Waals surface area contributed by atoms with Gasteiger partial charge in [-0.1, -0.05) is 61.9 Å². The van der Waals surface area contributed by atoms with E-state index in [0.29, 0.717) is 29.2 Å². The lowest BCUT2D eigenvalue weighted by Gasteiger charge is -2.16. The number of aromatic amines is 1. The lowest BCUT2D eigenvalue weighted by atomic mass is 9.96. The summed E-state index contributed by atoms with van der Waals surface area (Å²) in [6.07, 6.45) is 3.17. The van der Waals surface area contributed by atoms with E-state index >= 15 is 0 Å². The van der Waals surface area contributed by atoms with Gasteiger partial charge in [-0.25, -0.2) is 9.78 Å². The van der Waals surface area contributed by atoms with Crippen LogP contribution < -0.4 is 5.56 Å². The largest absolute Gasteiger partial charge is 0.465 e. The highest BCUT2D eigenvalue weighted by Gasteiger charge is 2.19. The number of aromatic nitrogens is 6. The Labute approximate surface area is 235 Å². The molecule has 10 heteroatoms. The van der Waals surface area contributed by atoms with Crippen molar-refractivity contribution in [2.45, 2.75) is 46.1 Å².